The second kappa shape index (κ2) is 10.8. The molecule has 0 aliphatic heterocycles. The highest BCUT2D eigenvalue weighted by molar-refractivity contribution is 5.93. The lowest BCUT2D eigenvalue weighted by Gasteiger charge is -2.14. The van der Waals surface area contributed by atoms with Crippen LogP contribution < -0.4 is 20.1 Å². The zero-order valence-electron chi connectivity index (χ0n) is 15.6. The summed E-state index contributed by atoms with van der Waals surface area (Å²) >= 11 is 0. The number of aliphatic imine (C=N–C) groups is 1. The second-order valence-corrected chi connectivity index (χ2v) is 6.09. The molecule has 1 saturated carbocycles. The molecule has 2 N–H and O–H groups in total. The minimum Gasteiger partial charge on any atom is -0.493 e. The van der Waals surface area contributed by atoms with Gasteiger partial charge < -0.3 is 24.8 Å². The quantitative estimate of drug-likeness (QED) is 0.406. The van der Waals surface area contributed by atoms with Crippen molar-refractivity contribution in [2.24, 2.45) is 4.99 Å². The Bertz CT molecular complexity index is 543. The van der Waals surface area contributed by atoms with E-state index in [4.69, 9.17) is 14.2 Å². The number of rotatable bonds is 9. The van der Waals surface area contributed by atoms with Gasteiger partial charge in [0.15, 0.2) is 17.5 Å². The summed E-state index contributed by atoms with van der Waals surface area (Å²) < 4.78 is 16.5. The fourth-order valence-electron chi connectivity index (χ4n) is 2.92. The monoisotopic (exact) mass is 349 g/mol. The van der Waals surface area contributed by atoms with Gasteiger partial charge in [0.05, 0.1) is 20.3 Å². The number of benzene rings is 1. The first-order chi connectivity index (χ1) is 12.3. The van der Waals surface area contributed by atoms with Crippen LogP contribution in [0.5, 0.6) is 11.5 Å². The van der Waals surface area contributed by atoms with Crippen LogP contribution in [0.15, 0.2) is 23.2 Å². The predicted octanol–water partition coefficient (Wildman–Crippen LogP) is 3.43. The van der Waals surface area contributed by atoms with Gasteiger partial charge in [0.1, 0.15) is 0 Å². The number of hydrogen-bond acceptors (Lipinski definition) is 4. The van der Waals surface area contributed by atoms with E-state index in [1.807, 2.05) is 18.2 Å². The normalized spacial score (nSPS) is 15.2. The Kier molecular flexibility index (Phi) is 8.39. The van der Waals surface area contributed by atoms with E-state index in [-0.39, 0.29) is 0 Å². The first-order valence-electron chi connectivity index (χ1n) is 9.15. The lowest BCUT2D eigenvalue weighted by molar-refractivity contribution is 0.0579. The molecule has 0 unspecified atom stereocenters. The van der Waals surface area contributed by atoms with Crippen LogP contribution in [0.4, 0.5) is 5.69 Å². The summed E-state index contributed by atoms with van der Waals surface area (Å²) in [4.78, 5) is 4.61. The van der Waals surface area contributed by atoms with Gasteiger partial charge in [-0.1, -0.05) is 12.8 Å². The maximum atomic E-state index is 5.88. The van der Waals surface area contributed by atoms with Crippen LogP contribution in [0.2, 0.25) is 0 Å². The van der Waals surface area contributed by atoms with Gasteiger partial charge in [0.2, 0.25) is 0 Å². The summed E-state index contributed by atoms with van der Waals surface area (Å²) in [5.41, 5.74) is 0.902. The van der Waals surface area contributed by atoms with Crippen LogP contribution in [0.3, 0.4) is 0 Å². The van der Waals surface area contributed by atoms with Crippen LogP contribution in [0, 0.1) is 0 Å². The van der Waals surface area contributed by atoms with E-state index in [2.05, 4.69) is 22.5 Å². The van der Waals surface area contributed by atoms with Gasteiger partial charge in [-0.25, -0.2) is 0 Å². The van der Waals surface area contributed by atoms with Crippen LogP contribution in [-0.4, -0.2) is 46.0 Å². The molecule has 1 aliphatic rings. The Morgan fingerprint density at radius 2 is 1.92 bits per heavy atom. The third-order valence-electron chi connectivity index (χ3n) is 4.22. The number of nitrogens with zero attached hydrogens (tertiary/aromatic N) is 1. The number of hydrogen-bond donors (Lipinski definition) is 2. The van der Waals surface area contributed by atoms with Crippen molar-refractivity contribution in [3.05, 3.63) is 18.2 Å². The Morgan fingerprint density at radius 3 is 2.60 bits per heavy atom. The molecule has 6 heteroatoms. The number of methoxy groups -OCH3 is 2. The minimum absolute atomic E-state index is 0.474. The highest BCUT2D eigenvalue weighted by Gasteiger charge is 2.14. The SMILES string of the molecule is CCNC(=NCCCOC1CCCC1)Nc1ccc(OC)c(OC)c1. The molecular formula is C19H31N3O3. The summed E-state index contributed by atoms with van der Waals surface area (Å²) in [6.07, 6.45) is 6.45. The fraction of sp³-hybridized carbons (Fsp3) is 0.632. The molecule has 2 rings (SSSR count). The van der Waals surface area contributed by atoms with Crippen LogP contribution in [0.1, 0.15) is 39.0 Å². The lowest BCUT2D eigenvalue weighted by atomic mass is 10.3. The standard InChI is InChI=1S/C19H31N3O3/c1-4-20-19(21-12-7-13-25-16-8-5-6-9-16)22-15-10-11-17(23-2)18(14-15)24-3/h10-11,14,16H,4-9,12-13H2,1-3H3,(H2,20,21,22). The van der Waals surface area contributed by atoms with Crippen LogP contribution >= 0.6 is 0 Å². The highest BCUT2D eigenvalue weighted by atomic mass is 16.5. The molecule has 6 nitrogen and oxygen atoms in total. The van der Waals surface area contributed by atoms with Crippen LogP contribution in [-0.2, 0) is 4.74 Å². The first kappa shape index (κ1) is 19.4. The van der Waals surface area contributed by atoms with E-state index in [9.17, 15) is 0 Å². The molecule has 0 radical (unpaired) electrons. The molecular weight excluding hydrogens is 318 g/mol. The summed E-state index contributed by atoms with van der Waals surface area (Å²) in [6.45, 7) is 4.37. The molecule has 1 fully saturated rings. The van der Waals surface area contributed by atoms with Crippen molar-refractivity contribution < 1.29 is 14.2 Å². The average Bonchev–Trinajstić information content (AvgIpc) is 3.14. The molecule has 0 heterocycles. The molecule has 1 aromatic carbocycles. The number of ether oxygens (including phenoxy) is 3. The fourth-order valence-corrected chi connectivity index (χ4v) is 2.92. The molecule has 1 aromatic rings. The minimum atomic E-state index is 0.474. The van der Waals surface area contributed by atoms with Crippen LogP contribution in [0.25, 0.3) is 0 Å². The highest BCUT2D eigenvalue weighted by Crippen LogP contribution is 2.29. The van der Waals surface area contributed by atoms with Crippen molar-refractivity contribution >= 4 is 11.6 Å². The molecule has 1 aliphatic carbocycles. The predicted molar refractivity (Wildman–Crippen MR) is 102 cm³/mol. The molecule has 0 atom stereocenters. The van der Waals surface area contributed by atoms with Gasteiger partial charge in [0, 0.05) is 31.5 Å². The summed E-state index contributed by atoms with van der Waals surface area (Å²) in [6, 6.07) is 5.71. The third-order valence-corrected chi connectivity index (χ3v) is 4.22. The van der Waals surface area contributed by atoms with Crippen molar-refractivity contribution in [3.8, 4) is 11.5 Å². The Morgan fingerprint density at radius 1 is 1.16 bits per heavy atom. The molecule has 140 valence electrons. The second-order valence-electron chi connectivity index (χ2n) is 6.09. The Hall–Kier alpha value is -1.95. The van der Waals surface area contributed by atoms with Crippen molar-refractivity contribution in [2.75, 3.05) is 39.2 Å². The van der Waals surface area contributed by atoms with Crippen molar-refractivity contribution in [1.29, 1.82) is 0 Å². The number of nitrogens with one attached hydrogen (secondary N) is 2. The molecule has 0 aromatic heterocycles. The van der Waals surface area contributed by atoms with Crippen molar-refractivity contribution in [1.82, 2.24) is 5.32 Å². The van der Waals surface area contributed by atoms with E-state index >= 15 is 0 Å². The van der Waals surface area contributed by atoms with Gasteiger partial charge in [-0.05, 0) is 38.3 Å². The molecule has 25 heavy (non-hydrogen) atoms. The van der Waals surface area contributed by atoms with E-state index in [0.717, 1.165) is 37.8 Å². The van der Waals surface area contributed by atoms with Crippen molar-refractivity contribution in [2.45, 2.75) is 45.1 Å². The summed E-state index contributed by atoms with van der Waals surface area (Å²) in [7, 11) is 3.26. The third kappa shape index (κ3) is 6.46. The number of anilines is 1. The average molecular weight is 349 g/mol. The van der Waals surface area contributed by atoms with Crippen molar-refractivity contribution in [3.63, 3.8) is 0 Å². The zero-order chi connectivity index (χ0) is 17.9. The Balaban J connectivity index is 1.84. The lowest BCUT2D eigenvalue weighted by Crippen LogP contribution is -2.30. The topological polar surface area (TPSA) is 64.1 Å². The molecule has 0 bridgehead atoms. The maximum Gasteiger partial charge on any atom is 0.195 e. The van der Waals surface area contributed by atoms with Gasteiger partial charge in [-0.15, -0.1) is 0 Å². The smallest absolute Gasteiger partial charge is 0.195 e. The Labute approximate surface area is 151 Å². The zero-order valence-corrected chi connectivity index (χ0v) is 15.6. The molecule has 0 spiro atoms. The summed E-state index contributed by atoms with van der Waals surface area (Å²) in [5, 5.41) is 6.56. The largest absolute Gasteiger partial charge is 0.493 e. The van der Waals surface area contributed by atoms with Gasteiger partial charge in [-0.3, -0.25) is 4.99 Å². The first-order valence-corrected chi connectivity index (χ1v) is 9.15. The number of guanidine groups is 1. The maximum absolute atomic E-state index is 5.88. The van der Waals surface area contributed by atoms with E-state index in [0.29, 0.717) is 17.6 Å². The molecule has 0 saturated heterocycles. The van der Waals surface area contributed by atoms with E-state index < -0.39 is 0 Å². The van der Waals surface area contributed by atoms with E-state index in [1.165, 1.54) is 25.7 Å². The van der Waals surface area contributed by atoms with Gasteiger partial charge >= 0.3 is 0 Å². The van der Waals surface area contributed by atoms with Gasteiger partial charge in [-0.2, -0.15) is 0 Å². The molecule has 0 amide bonds. The summed E-state index contributed by atoms with van der Waals surface area (Å²) in [5.74, 6) is 2.16. The van der Waals surface area contributed by atoms with E-state index in [1.54, 1.807) is 14.2 Å². The van der Waals surface area contributed by atoms with Gasteiger partial charge in [0.25, 0.3) is 0 Å².